The maximum atomic E-state index is 11.3. The smallest absolute Gasteiger partial charge is 0.335 e. The minimum Gasteiger partial charge on any atom is -0.496 e. The molecule has 4 aromatic rings. The summed E-state index contributed by atoms with van der Waals surface area (Å²) >= 11 is 6.42. The van der Waals surface area contributed by atoms with Crippen molar-refractivity contribution in [1.29, 1.82) is 0 Å². The molecular formula is C26H21ClN2O4. The van der Waals surface area contributed by atoms with Crippen LogP contribution in [-0.2, 0) is 0 Å². The summed E-state index contributed by atoms with van der Waals surface area (Å²) in [4.78, 5) is 11.3. The van der Waals surface area contributed by atoms with Gasteiger partial charge in [-0.15, -0.1) is 0 Å². The fourth-order valence-electron chi connectivity index (χ4n) is 3.54. The minimum absolute atomic E-state index is 0.225. The molecular weight excluding hydrogens is 440 g/mol. The third-order valence-electron chi connectivity index (χ3n) is 5.14. The van der Waals surface area contributed by atoms with Crippen LogP contribution in [0, 0.1) is 0 Å². The normalized spacial score (nSPS) is 11.0. The summed E-state index contributed by atoms with van der Waals surface area (Å²) in [5.74, 6) is 0.262. The first-order chi connectivity index (χ1) is 16.0. The van der Waals surface area contributed by atoms with Crippen molar-refractivity contribution in [1.82, 2.24) is 9.78 Å². The van der Waals surface area contributed by atoms with Crippen molar-refractivity contribution in [3.63, 3.8) is 0 Å². The number of carboxylic acid groups (broad SMARTS) is 1. The van der Waals surface area contributed by atoms with Crippen LogP contribution in [0.4, 0.5) is 0 Å². The largest absolute Gasteiger partial charge is 0.496 e. The van der Waals surface area contributed by atoms with Gasteiger partial charge in [-0.2, -0.15) is 5.10 Å². The van der Waals surface area contributed by atoms with Crippen LogP contribution in [0.1, 0.15) is 21.5 Å². The molecule has 0 aliphatic heterocycles. The monoisotopic (exact) mass is 460 g/mol. The molecule has 4 rings (SSSR count). The molecule has 0 aliphatic carbocycles. The van der Waals surface area contributed by atoms with Gasteiger partial charge in [0, 0.05) is 17.2 Å². The Morgan fingerprint density at radius 1 is 0.970 bits per heavy atom. The van der Waals surface area contributed by atoms with Gasteiger partial charge in [0.2, 0.25) is 0 Å². The SMILES string of the molecule is COc1cc(OC)c(-c2ccnn2-c2ccccc2Cl)cc1/C=C/c1cccc(C(=O)O)c1. The molecule has 0 atom stereocenters. The molecule has 0 bridgehead atoms. The zero-order valence-corrected chi connectivity index (χ0v) is 18.8. The Balaban J connectivity index is 1.81. The number of carboxylic acids is 1. The third kappa shape index (κ3) is 4.61. The van der Waals surface area contributed by atoms with Crippen LogP contribution in [0.3, 0.4) is 0 Å². The molecule has 6 nitrogen and oxygen atoms in total. The minimum atomic E-state index is -0.970. The standard InChI is InChI=1S/C26H21ClN2O4/c1-32-24-16-25(33-2)20(22-12-13-28-29(22)23-9-4-3-8-21(23)27)15-18(24)11-10-17-6-5-7-19(14-17)26(30)31/h3-16H,1-2H3,(H,30,31)/b11-10+. The first kappa shape index (κ1) is 22.2. The average Bonchev–Trinajstić information content (AvgIpc) is 3.32. The first-order valence-electron chi connectivity index (χ1n) is 10.1. The Hall–Kier alpha value is -4.03. The molecule has 0 amide bonds. The second kappa shape index (κ2) is 9.63. The van der Waals surface area contributed by atoms with Crippen LogP contribution < -0.4 is 9.47 Å². The van der Waals surface area contributed by atoms with Crippen LogP contribution in [-0.4, -0.2) is 35.1 Å². The van der Waals surface area contributed by atoms with Crippen molar-refractivity contribution in [3.05, 3.63) is 94.6 Å². The van der Waals surface area contributed by atoms with Gasteiger partial charge in [-0.1, -0.05) is 48.0 Å². The lowest BCUT2D eigenvalue weighted by molar-refractivity contribution is 0.0697. The summed E-state index contributed by atoms with van der Waals surface area (Å²) in [6.07, 6.45) is 5.42. The van der Waals surface area contributed by atoms with E-state index in [0.29, 0.717) is 16.5 Å². The Morgan fingerprint density at radius 3 is 2.48 bits per heavy atom. The van der Waals surface area contributed by atoms with Crippen LogP contribution in [0.5, 0.6) is 11.5 Å². The van der Waals surface area contributed by atoms with Crippen LogP contribution >= 0.6 is 11.6 Å². The highest BCUT2D eigenvalue weighted by atomic mass is 35.5. The van der Waals surface area contributed by atoms with Crippen LogP contribution in [0.15, 0.2) is 72.9 Å². The Bertz CT molecular complexity index is 1340. The predicted octanol–water partition coefficient (Wildman–Crippen LogP) is 6.08. The summed E-state index contributed by atoms with van der Waals surface area (Å²) in [7, 11) is 3.19. The van der Waals surface area contributed by atoms with E-state index in [2.05, 4.69) is 5.10 Å². The summed E-state index contributed by atoms with van der Waals surface area (Å²) in [6, 6.07) is 19.8. The molecule has 7 heteroatoms. The molecule has 3 aromatic carbocycles. The highest BCUT2D eigenvalue weighted by molar-refractivity contribution is 6.32. The van der Waals surface area contributed by atoms with E-state index < -0.39 is 5.97 Å². The van der Waals surface area contributed by atoms with E-state index in [1.54, 1.807) is 43.3 Å². The number of methoxy groups -OCH3 is 2. The van der Waals surface area contributed by atoms with Crippen molar-refractivity contribution in [3.8, 4) is 28.4 Å². The summed E-state index contributed by atoms with van der Waals surface area (Å²) < 4.78 is 13.0. The van der Waals surface area contributed by atoms with Crippen molar-refractivity contribution in [2.24, 2.45) is 0 Å². The van der Waals surface area contributed by atoms with E-state index in [1.165, 1.54) is 0 Å². The van der Waals surface area contributed by atoms with Gasteiger partial charge in [0.05, 0.1) is 42.4 Å². The van der Waals surface area contributed by atoms with Crippen molar-refractivity contribution in [2.45, 2.75) is 0 Å². The highest BCUT2D eigenvalue weighted by Gasteiger charge is 2.17. The van der Waals surface area contributed by atoms with E-state index in [-0.39, 0.29) is 5.56 Å². The molecule has 1 heterocycles. The van der Waals surface area contributed by atoms with Crippen molar-refractivity contribution < 1.29 is 19.4 Å². The van der Waals surface area contributed by atoms with E-state index in [4.69, 9.17) is 21.1 Å². The molecule has 0 unspecified atom stereocenters. The number of aromatic nitrogens is 2. The third-order valence-corrected chi connectivity index (χ3v) is 5.46. The van der Waals surface area contributed by atoms with Gasteiger partial charge < -0.3 is 14.6 Å². The number of hydrogen-bond donors (Lipinski definition) is 1. The molecule has 166 valence electrons. The van der Waals surface area contributed by atoms with Crippen LogP contribution in [0.25, 0.3) is 29.1 Å². The zero-order valence-electron chi connectivity index (χ0n) is 18.0. The zero-order chi connectivity index (χ0) is 23.4. The lowest BCUT2D eigenvalue weighted by Crippen LogP contribution is -2.01. The number of halogens is 1. The van der Waals surface area contributed by atoms with Gasteiger partial charge in [0.15, 0.2) is 0 Å². The molecule has 0 radical (unpaired) electrons. The van der Waals surface area contributed by atoms with Crippen molar-refractivity contribution in [2.75, 3.05) is 14.2 Å². The highest BCUT2D eigenvalue weighted by Crippen LogP contribution is 2.38. The van der Waals surface area contributed by atoms with Gasteiger partial charge in [0.1, 0.15) is 11.5 Å². The fraction of sp³-hybridized carbons (Fsp3) is 0.0769. The summed E-state index contributed by atoms with van der Waals surface area (Å²) in [6.45, 7) is 0. The molecule has 0 spiro atoms. The van der Waals surface area contributed by atoms with E-state index in [0.717, 1.165) is 28.1 Å². The Morgan fingerprint density at radius 2 is 1.76 bits per heavy atom. The van der Waals surface area contributed by atoms with Gasteiger partial charge in [-0.25, -0.2) is 9.48 Å². The van der Waals surface area contributed by atoms with E-state index >= 15 is 0 Å². The number of ether oxygens (including phenoxy) is 2. The molecule has 1 N–H and O–H groups in total. The molecule has 0 aliphatic rings. The van der Waals surface area contributed by atoms with Gasteiger partial charge in [-0.3, -0.25) is 0 Å². The number of nitrogens with zero attached hydrogens (tertiary/aromatic N) is 2. The number of benzene rings is 3. The lowest BCUT2D eigenvalue weighted by atomic mass is 10.0. The van der Waals surface area contributed by atoms with Gasteiger partial charge >= 0.3 is 5.97 Å². The number of carbonyl (C=O) groups is 1. The summed E-state index contributed by atoms with van der Waals surface area (Å²) in [5.41, 5.74) is 4.12. The predicted molar refractivity (Wildman–Crippen MR) is 129 cm³/mol. The molecule has 1 aromatic heterocycles. The molecule has 0 fully saturated rings. The average molecular weight is 461 g/mol. The van der Waals surface area contributed by atoms with E-state index in [9.17, 15) is 9.90 Å². The number of hydrogen-bond acceptors (Lipinski definition) is 4. The quantitative estimate of drug-likeness (QED) is 0.338. The number of rotatable bonds is 7. The topological polar surface area (TPSA) is 73.6 Å². The maximum Gasteiger partial charge on any atom is 0.335 e. The van der Waals surface area contributed by atoms with Gasteiger partial charge in [-0.05, 0) is 42.0 Å². The molecule has 0 saturated carbocycles. The number of para-hydroxylation sites is 1. The van der Waals surface area contributed by atoms with Gasteiger partial charge in [0.25, 0.3) is 0 Å². The van der Waals surface area contributed by atoms with Crippen molar-refractivity contribution >= 4 is 29.7 Å². The second-order valence-electron chi connectivity index (χ2n) is 7.14. The fourth-order valence-corrected chi connectivity index (χ4v) is 3.75. The Labute approximate surface area is 196 Å². The molecule has 0 saturated heterocycles. The van der Waals surface area contributed by atoms with Crippen LogP contribution in [0.2, 0.25) is 5.02 Å². The second-order valence-corrected chi connectivity index (χ2v) is 7.55. The lowest BCUT2D eigenvalue weighted by Gasteiger charge is -2.15. The maximum absolute atomic E-state index is 11.3. The van der Waals surface area contributed by atoms with E-state index in [1.807, 2.05) is 60.7 Å². The summed E-state index contributed by atoms with van der Waals surface area (Å²) in [5, 5.41) is 14.3. The Kier molecular flexibility index (Phi) is 6.47. The number of aromatic carboxylic acids is 1. The molecule has 33 heavy (non-hydrogen) atoms. The first-order valence-corrected chi connectivity index (χ1v) is 10.5.